The second-order valence-corrected chi connectivity index (χ2v) is 6.07. The van der Waals surface area contributed by atoms with Crippen molar-refractivity contribution in [2.75, 3.05) is 19.7 Å². The first-order valence-electron chi connectivity index (χ1n) is 8.40. The van der Waals surface area contributed by atoms with Crippen LogP contribution in [0.15, 0.2) is 65.2 Å². The van der Waals surface area contributed by atoms with Crippen LogP contribution in [0.25, 0.3) is 11.3 Å². The van der Waals surface area contributed by atoms with Gasteiger partial charge in [-0.25, -0.2) is 4.39 Å². The Labute approximate surface area is 150 Å². The fraction of sp³-hybridized carbons (Fsp3) is 0.200. The molecule has 0 bridgehead atoms. The van der Waals surface area contributed by atoms with E-state index < -0.39 is 6.10 Å². The lowest BCUT2D eigenvalue weighted by molar-refractivity contribution is -0.0246. The first-order chi connectivity index (χ1) is 12.7. The molecule has 0 radical (unpaired) electrons. The van der Waals surface area contributed by atoms with Crippen LogP contribution in [0.1, 0.15) is 22.2 Å². The van der Waals surface area contributed by atoms with Crippen LogP contribution in [0.5, 0.6) is 0 Å². The molecule has 1 aromatic heterocycles. The number of benzene rings is 2. The molecule has 2 heterocycles. The highest BCUT2D eigenvalue weighted by molar-refractivity contribution is 5.93. The van der Waals surface area contributed by atoms with Crippen molar-refractivity contribution >= 4 is 5.91 Å². The summed E-state index contributed by atoms with van der Waals surface area (Å²) in [5, 5.41) is 3.90. The monoisotopic (exact) mass is 352 g/mol. The Hall–Kier alpha value is -2.99. The molecule has 0 N–H and O–H groups in total. The van der Waals surface area contributed by atoms with Crippen molar-refractivity contribution in [3.05, 3.63) is 77.7 Å². The topological polar surface area (TPSA) is 55.6 Å². The van der Waals surface area contributed by atoms with Crippen LogP contribution < -0.4 is 0 Å². The van der Waals surface area contributed by atoms with Gasteiger partial charge in [0.1, 0.15) is 11.9 Å². The zero-order valence-corrected chi connectivity index (χ0v) is 14.0. The van der Waals surface area contributed by atoms with Gasteiger partial charge >= 0.3 is 0 Å². The van der Waals surface area contributed by atoms with Gasteiger partial charge in [0, 0.05) is 23.7 Å². The van der Waals surface area contributed by atoms with E-state index in [4.69, 9.17) is 9.26 Å². The number of carbonyl (C=O) groups excluding carboxylic acids is 1. The maximum atomic E-state index is 14.0. The van der Waals surface area contributed by atoms with Crippen LogP contribution >= 0.6 is 0 Å². The maximum Gasteiger partial charge on any atom is 0.276 e. The molecule has 1 atom stereocenters. The molecular weight excluding hydrogens is 335 g/mol. The third-order valence-electron chi connectivity index (χ3n) is 4.39. The first-order valence-corrected chi connectivity index (χ1v) is 8.40. The van der Waals surface area contributed by atoms with Gasteiger partial charge in [-0.15, -0.1) is 0 Å². The zero-order chi connectivity index (χ0) is 17.9. The van der Waals surface area contributed by atoms with Crippen molar-refractivity contribution in [3.8, 4) is 11.3 Å². The summed E-state index contributed by atoms with van der Waals surface area (Å²) >= 11 is 0. The molecule has 3 aromatic rings. The van der Waals surface area contributed by atoms with Crippen molar-refractivity contribution < 1.29 is 18.4 Å². The standard InChI is InChI=1S/C20H17FN2O3/c21-16-9-5-4-8-15(16)19-13-23(10-11-25-19)20(24)17-12-18(26-22-17)14-6-2-1-3-7-14/h1-9,12,19H,10-11,13H2. The molecular formula is C20H17FN2O3. The number of amides is 1. The predicted molar refractivity (Wildman–Crippen MR) is 92.9 cm³/mol. The van der Waals surface area contributed by atoms with Crippen LogP contribution in [0, 0.1) is 5.82 Å². The van der Waals surface area contributed by atoms with E-state index in [9.17, 15) is 9.18 Å². The summed E-state index contributed by atoms with van der Waals surface area (Å²) in [6, 6.07) is 17.5. The van der Waals surface area contributed by atoms with Crippen molar-refractivity contribution in [3.63, 3.8) is 0 Å². The second-order valence-electron chi connectivity index (χ2n) is 6.07. The molecule has 0 aliphatic carbocycles. The summed E-state index contributed by atoms with van der Waals surface area (Å²) in [5.74, 6) is -0.0481. The van der Waals surface area contributed by atoms with Gasteiger partial charge in [0.2, 0.25) is 0 Å². The van der Waals surface area contributed by atoms with Crippen molar-refractivity contribution in [1.82, 2.24) is 10.1 Å². The smallest absolute Gasteiger partial charge is 0.276 e. The van der Waals surface area contributed by atoms with Gasteiger partial charge < -0.3 is 14.2 Å². The zero-order valence-electron chi connectivity index (χ0n) is 14.0. The lowest BCUT2D eigenvalue weighted by Gasteiger charge is -2.32. The van der Waals surface area contributed by atoms with Crippen LogP contribution in [0.3, 0.4) is 0 Å². The van der Waals surface area contributed by atoms with Crippen molar-refractivity contribution in [1.29, 1.82) is 0 Å². The molecule has 1 aliphatic heterocycles. The summed E-state index contributed by atoms with van der Waals surface area (Å²) in [5.41, 5.74) is 1.54. The SMILES string of the molecule is O=C(c1cc(-c2ccccc2)on1)N1CCOC(c2ccccc2F)C1. The molecule has 4 rings (SSSR count). The number of rotatable bonds is 3. The number of hydrogen-bond donors (Lipinski definition) is 0. The van der Waals surface area contributed by atoms with Crippen LogP contribution in [0.4, 0.5) is 4.39 Å². The lowest BCUT2D eigenvalue weighted by Crippen LogP contribution is -2.42. The Morgan fingerprint density at radius 3 is 2.69 bits per heavy atom. The van der Waals surface area contributed by atoms with E-state index in [-0.39, 0.29) is 24.0 Å². The fourth-order valence-corrected chi connectivity index (χ4v) is 3.03. The number of halogens is 1. The summed E-state index contributed by atoms with van der Waals surface area (Å²) in [4.78, 5) is 14.4. The van der Waals surface area contributed by atoms with E-state index >= 15 is 0 Å². The molecule has 1 fully saturated rings. The highest BCUT2D eigenvalue weighted by Crippen LogP contribution is 2.26. The number of aromatic nitrogens is 1. The molecule has 1 unspecified atom stereocenters. The molecule has 26 heavy (non-hydrogen) atoms. The minimum Gasteiger partial charge on any atom is -0.370 e. The Balaban J connectivity index is 1.51. The summed E-state index contributed by atoms with van der Waals surface area (Å²) in [6.45, 7) is 1.04. The van der Waals surface area contributed by atoms with E-state index in [1.165, 1.54) is 6.07 Å². The molecule has 5 nitrogen and oxygen atoms in total. The predicted octanol–water partition coefficient (Wildman–Crippen LogP) is 3.69. The number of hydrogen-bond acceptors (Lipinski definition) is 4. The summed E-state index contributed by atoms with van der Waals surface area (Å²) in [7, 11) is 0. The number of morpholine rings is 1. The maximum absolute atomic E-state index is 14.0. The van der Waals surface area contributed by atoms with Gasteiger partial charge in [-0.1, -0.05) is 53.7 Å². The molecule has 6 heteroatoms. The quantitative estimate of drug-likeness (QED) is 0.721. The van der Waals surface area contributed by atoms with Crippen molar-refractivity contribution in [2.24, 2.45) is 0 Å². The second kappa shape index (κ2) is 7.09. The average Bonchev–Trinajstić information content (AvgIpc) is 3.19. The molecule has 1 amide bonds. The highest BCUT2D eigenvalue weighted by Gasteiger charge is 2.29. The van der Waals surface area contributed by atoms with Crippen LogP contribution in [0.2, 0.25) is 0 Å². The largest absolute Gasteiger partial charge is 0.370 e. The van der Waals surface area contributed by atoms with E-state index in [0.717, 1.165) is 5.56 Å². The fourth-order valence-electron chi connectivity index (χ4n) is 3.03. The van der Waals surface area contributed by atoms with E-state index in [1.54, 1.807) is 29.2 Å². The van der Waals surface area contributed by atoms with Gasteiger partial charge in [-0.2, -0.15) is 0 Å². The molecule has 132 valence electrons. The number of nitrogens with zero attached hydrogens (tertiary/aromatic N) is 2. The summed E-state index contributed by atoms with van der Waals surface area (Å²) in [6.07, 6.45) is -0.491. The van der Waals surface area contributed by atoms with Crippen molar-refractivity contribution in [2.45, 2.75) is 6.10 Å². The van der Waals surface area contributed by atoms with Gasteiger partial charge in [-0.05, 0) is 6.07 Å². The Morgan fingerprint density at radius 2 is 1.88 bits per heavy atom. The normalized spacial score (nSPS) is 17.3. The Morgan fingerprint density at radius 1 is 1.12 bits per heavy atom. The molecule has 1 saturated heterocycles. The minimum atomic E-state index is -0.491. The van der Waals surface area contributed by atoms with E-state index in [0.29, 0.717) is 24.5 Å². The lowest BCUT2D eigenvalue weighted by atomic mass is 10.1. The molecule has 0 spiro atoms. The Kier molecular flexibility index (Phi) is 4.50. The van der Waals surface area contributed by atoms with Gasteiger partial charge in [0.15, 0.2) is 11.5 Å². The molecule has 0 saturated carbocycles. The Bertz CT molecular complexity index is 910. The number of carbonyl (C=O) groups is 1. The van der Waals surface area contributed by atoms with E-state index in [2.05, 4.69) is 5.16 Å². The third-order valence-corrected chi connectivity index (χ3v) is 4.39. The van der Waals surface area contributed by atoms with Crippen LogP contribution in [-0.2, 0) is 4.74 Å². The number of ether oxygens (including phenoxy) is 1. The minimum absolute atomic E-state index is 0.234. The van der Waals surface area contributed by atoms with Gasteiger partial charge in [-0.3, -0.25) is 4.79 Å². The first kappa shape index (κ1) is 16.5. The summed E-state index contributed by atoms with van der Waals surface area (Å²) < 4.78 is 25.0. The van der Waals surface area contributed by atoms with Gasteiger partial charge in [0.25, 0.3) is 5.91 Å². The average molecular weight is 352 g/mol. The third kappa shape index (κ3) is 3.23. The molecule has 1 aliphatic rings. The van der Waals surface area contributed by atoms with Gasteiger partial charge in [0.05, 0.1) is 13.2 Å². The van der Waals surface area contributed by atoms with E-state index in [1.807, 2.05) is 30.3 Å². The molecule has 2 aromatic carbocycles. The highest BCUT2D eigenvalue weighted by atomic mass is 19.1. The van der Waals surface area contributed by atoms with Crippen LogP contribution in [-0.4, -0.2) is 35.7 Å².